The van der Waals surface area contributed by atoms with Crippen LogP contribution in [0.15, 0.2) is 24.3 Å². The molecule has 5 aliphatic rings. The molecule has 234 valence electrons. The van der Waals surface area contributed by atoms with Crippen LogP contribution in [0, 0.1) is 23.7 Å². The molecule has 4 bridgehead atoms. The molecule has 9 nitrogen and oxygen atoms in total. The van der Waals surface area contributed by atoms with Crippen molar-refractivity contribution in [3.05, 3.63) is 24.3 Å². The minimum Gasteiger partial charge on any atom is -0.463 e. The third-order valence-corrected chi connectivity index (χ3v) is 10.9. The van der Waals surface area contributed by atoms with Crippen molar-refractivity contribution in [3.8, 4) is 0 Å². The highest BCUT2D eigenvalue weighted by Gasteiger charge is 2.68. The average molecular weight is 589 g/mol. The van der Waals surface area contributed by atoms with Crippen LogP contribution in [0.25, 0.3) is 0 Å². The van der Waals surface area contributed by atoms with E-state index in [1.807, 2.05) is 13.8 Å². The number of fused-ring (bicyclic) bond motifs is 4. The molecule has 0 N–H and O–H groups in total. The molecule has 5 rings (SSSR count). The largest absolute Gasteiger partial charge is 0.463 e. The summed E-state index contributed by atoms with van der Waals surface area (Å²) < 4.78 is 36.9. The van der Waals surface area contributed by atoms with Gasteiger partial charge in [-0.25, -0.2) is 9.59 Å². The lowest BCUT2D eigenvalue weighted by Crippen LogP contribution is -2.53. The SMILES string of the molecule is C=C(C)C(=O)OC(C)(C)C1CC2(COC(C)=O)OC1CC2C1CCC(OC(=O)C(=C)C)(C2CC3CCC2(COC)O3)C1. The maximum atomic E-state index is 13.1. The molecule has 1 aliphatic carbocycles. The second-order valence-corrected chi connectivity index (χ2v) is 14.2. The van der Waals surface area contributed by atoms with E-state index in [1.54, 1.807) is 21.0 Å². The van der Waals surface area contributed by atoms with Crippen molar-refractivity contribution < 1.29 is 42.8 Å². The van der Waals surface area contributed by atoms with Gasteiger partial charge >= 0.3 is 17.9 Å². The van der Waals surface area contributed by atoms with Gasteiger partial charge in [0.15, 0.2) is 0 Å². The Labute approximate surface area is 249 Å². The molecule has 0 radical (unpaired) electrons. The molecule has 0 amide bonds. The van der Waals surface area contributed by atoms with Crippen molar-refractivity contribution in [2.45, 2.75) is 121 Å². The molecule has 42 heavy (non-hydrogen) atoms. The lowest BCUT2D eigenvalue weighted by molar-refractivity contribution is -0.175. The number of carbonyl (C=O) groups excluding carboxylic acids is 3. The van der Waals surface area contributed by atoms with E-state index in [2.05, 4.69) is 13.2 Å². The summed E-state index contributed by atoms with van der Waals surface area (Å²) in [6.07, 6.45) is 6.32. The topological polar surface area (TPSA) is 107 Å². The van der Waals surface area contributed by atoms with E-state index in [-0.39, 0.29) is 54.4 Å². The zero-order chi connectivity index (χ0) is 30.7. The van der Waals surface area contributed by atoms with Crippen molar-refractivity contribution in [2.75, 3.05) is 20.3 Å². The molecule has 0 spiro atoms. The Morgan fingerprint density at radius 3 is 2.24 bits per heavy atom. The second-order valence-electron chi connectivity index (χ2n) is 14.2. The fourth-order valence-electron chi connectivity index (χ4n) is 9.07. The lowest BCUT2D eigenvalue weighted by Gasteiger charge is -2.45. The first-order chi connectivity index (χ1) is 19.7. The van der Waals surface area contributed by atoms with E-state index in [0.717, 1.165) is 38.5 Å². The standard InChI is InChI=1S/C33H48O9/c1-19(2)28(35)41-30(6,7)25-16-33(18-38-21(5)34)24(14-26(25)40-33)22-9-11-31(15-22,42-29(36)20(3)4)27-13-23-10-12-32(27,39-23)17-37-8/h22-27H,1,3,9-18H2,2,4-8H3. The fraction of sp³-hybridized carbons (Fsp3) is 0.788. The van der Waals surface area contributed by atoms with Crippen molar-refractivity contribution in [3.63, 3.8) is 0 Å². The number of hydrogen-bond acceptors (Lipinski definition) is 9. The summed E-state index contributed by atoms with van der Waals surface area (Å²) in [4.78, 5) is 37.5. The Morgan fingerprint density at radius 1 is 0.905 bits per heavy atom. The third-order valence-electron chi connectivity index (χ3n) is 10.9. The molecule has 5 fully saturated rings. The predicted molar refractivity (Wildman–Crippen MR) is 153 cm³/mol. The van der Waals surface area contributed by atoms with E-state index in [1.165, 1.54) is 6.92 Å². The molecule has 9 heteroatoms. The van der Waals surface area contributed by atoms with Crippen LogP contribution in [0.4, 0.5) is 0 Å². The van der Waals surface area contributed by atoms with Gasteiger partial charge in [0.05, 0.1) is 24.4 Å². The third kappa shape index (κ3) is 5.34. The number of ether oxygens (including phenoxy) is 6. The van der Waals surface area contributed by atoms with Gasteiger partial charge in [-0.05, 0) is 90.9 Å². The molecule has 9 atom stereocenters. The highest BCUT2D eigenvalue weighted by Crippen LogP contribution is 2.63. The minimum absolute atomic E-state index is 0.0224. The van der Waals surface area contributed by atoms with E-state index in [0.29, 0.717) is 30.6 Å². The van der Waals surface area contributed by atoms with Crippen LogP contribution in [0.3, 0.4) is 0 Å². The summed E-state index contributed by atoms with van der Waals surface area (Å²) in [7, 11) is 1.70. The van der Waals surface area contributed by atoms with Crippen LogP contribution in [-0.4, -0.2) is 72.8 Å². The first-order valence-corrected chi connectivity index (χ1v) is 15.4. The highest BCUT2D eigenvalue weighted by atomic mass is 16.6. The molecule has 9 unspecified atom stereocenters. The van der Waals surface area contributed by atoms with Crippen LogP contribution < -0.4 is 0 Å². The number of rotatable bonds is 11. The molecule has 1 saturated carbocycles. The van der Waals surface area contributed by atoms with E-state index in [9.17, 15) is 14.4 Å². The van der Waals surface area contributed by atoms with Crippen molar-refractivity contribution in [2.24, 2.45) is 23.7 Å². The Bertz CT molecular complexity index is 1140. The van der Waals surface area contributed by atoms with Gasteiger partial charge in [0.25, 0.3) is 0 Å². The van der Waals surface area contributed by atoms with E-state index in [4.69, 9.17) is 28.4 Å². The molecule has 0 aromatic rings. The van der Waals surface area contributed by atoms with Crippen LogP contribution in [0.5, 0.6) is 0 Å². The summed E-state index contributed by atoms with van der Waals surface area (Å²) in [6, 6.07) is 0. The van der Waals surface area contributed by atoms with Gasteiger partial charge in [-0.2, -0.15) is 0 Å². The predicted octanol–water partition coefficient (Wildman–Crippen LogP) is 4.85. The first-order valence-electron chi connectivity index (χ1n) is 15.4. The fourth-order valence-corrected chi connectivity index (χ4v) is 9.07. The number of methoxy groups -OCH3 is 1. The van der Waals surface area contributed by atoms with Crippen molar-refractivity contribution >= 4 is 17.9 Å². The number of esters is 3. The molecule has 0 aromatic carbocycles. The zero-order valence-electron chi connectivity index (χ0n) is 26.1. The first kappa shape index (κ1) is 31.2. The van der Waals surface area contributed by atoms with E-state index < -0.39 is 28.4 Å². The van der Waals surface area contributed by atoms with Crippen LogP contribution in [0.2, 0.25) is 0 Å². The quantitative estimate of drug-likeness (QED) is 0.190. The number of carbonyl (C=O) groups is 3. The van der Waals surface area contributed by atoms with Crippen LogP contribution >= 0.6 is 0 Å². The van der Waals surface area contributed by atoms with Gasteiger partial charge in [0.2, 0.25) is 0 Å². The molecule has 4 aliphatic heterocycles. The smallest absolute Gasteiger partial charge is 0.333 e. The Kier molecular flexibility index (Phi) is 8.20. The van der Waals surface area contributed by atoms with Gasteiger partial charge in [-0.1, -0.05) is 13.2 Å². The highest BCUT2D eigenvalue weighted by molar-refractivity contribution is 5.87. The van der Waals surface area contributed by atoms with Crippen molar-refractivity contribution in [1.29, 1.82) is 0 Å². The maximum absolute atomic E-state index is 13.1. The Balaban J connectivity index is 1.42. The van der Waals surface area contributed by atoms with E-state index >= 15 is 0 Å². The van der Waals surface area contributed by atoms with Gasteiger partial charge < -0.3 is 28.4 Å². The average Bonchev–Trinajstić information content (AvgIpc) is 3.72. The van der Waals surface area contributed by atoms with Gasteiger partial charge in [-0.3, -0.25) is 4.79 Å². The van der Waals surface area contributed by atoms with Crippen LogP contribution in [0.1, 0.15) is 86.0 Å². The monoisotopic (exact) mass is 588 g/mol. The summed E-state index contributed by atoms with van der Waals surface area (Å²) in [5, 5.41) is 0. The minimum atomic E-state index is -0.785. The van der Waals surface area contributed by atoms with Gasteiger partial charge in [0.1, 0.15) is 23.4 Å². The normalized spacial score (nSPS) is 40.2. The summed E-state index contributed by atoms with van der Waals surface area (Å²) in [6.45, 7) is 16.8. The van der Waals surface area contributed by atoms with Crippen LogP contribution in [-0.2, 0) is 42.8 Å². The number of hydrogen-bond donors (Lipinski definition) is 0. The second kappa shape index (κ2) is 11.0. The maximum Gasteiger partial charge on any atom is 0.333 e. The summed E-state index contributed by atoms with van der Waals surface area (Å²) >= 11 is 0. The summed E-state index contributed by atoms with van der Waals surface area (Å²) in [5.74, 6) is -0.919. The zero-order valence-corrected chi connectivity index (χ0v) is 26.1. The Morgan fingerprint density at radius 2 is 1.62 bits per heavy atom. The Hall–Kier alpha value is -2.23. The van der Waals surface area contributed by atoms with Gasteiger partial charge in [0, 0.05) is 37.0 Å². The molecular formula is C33H48O9. The van der Waals surface area contributed by atoms with Gasteiger partial charge in [-0.15, -0.1) is 0 Å². The molecule has 0 aromatic heterocycles. The molecular weight excluding hydrogens is 540 g/mol. The van der Waals surface area contributed by atoms with Crippen molar-refractivity contribution in [1.82, 2.24) is 0 Å². The molecule has 4 saturated heterocycles. The molecule has 4 heterocycles. The lowest BCUT2D eigenvalue weighted by atomic mass is 9.63. The summed E-state index contributed by atoms with van der Waals surface area (Å²) in [5.41, 5.74) is -1.93.